The largest absolute Gasteiger partial charge is 0.416 e. The number of hydrogen-bond donors (Lipinski definition) is 2. The number of rotatable bonds is 4. The Morgan fingerprint density at radius 3 is 2.70 bits per heavy atom. The van der Waals surface area contributed by atoms with E-state index in [1.165, 1.54) is 6.07 Å². The molecule has 122 valence electrons. The molecule has 1 saturated carbocycles. The van der Waals surface area contributed by atoms with Crippen LogP contribution in [0.3, 0.4) is 0 Å². The molecule has 0 unspecified atom stereocenters. The van der Waals surface area contributed by atoms with E-state index in [-0.39, 0.29) is 5.91 Å². The molecule has 0 bridgehead atoms. The maximum atomic E-state index is 12.8. The van der Waals surface area contributed by atoms with Crippen molar-refractivity contribution in [1.29, 1.82) is 0 Å². The van der Waals surface area contributed by atoms with Gasteiger partial charge in [0.2, 0.25) is 5.91 Å². The Labute approximate surface area is 131 Å². The van der Waals surface area contributed by atoms with E-state index in [1.807, 2.05) is 6.92 Å². The summed E-state index contributed by atoms with van der Waals surface area (Å²) in [6.07, 6.45) is -1.66. The molecule has 1 aromatic heterocycles. The first-order chi connectivity index (χ1) is 10.8. The minimum absolute atomic E-state index is 0.238. The monoisotopic (exact) mass is 323 g/mol. The number of aromatic amines is 1. The highest BCUT2D eigenvalue weighted by molar-refractivity contribution is 5.91. The molecule has 0 aliphatic heterocycles. The predicted octanol–water partition coefficient (Wildman–Crippen LogP) is 3.08. The summed E-state index contributed by atoms with van der Waals surface area (Å²) in [4.78, 5) is 12.5. The maximum absolute atomic E-state index is 12.8. The van der Waals surface area contributed by atoms with Crippen LogP contribution in [0, 0.1) is 6.92 Å². The van der Waals surface area contributed by atoms with Crippen LogP contribution in [0.15, 0.2) is 30.5 Å². The summed E-state index contributed by atoms with van der Waals surface area (Å²) in [6, 6.07) is 5.04. The first-order valence-electron chi connectivity index (χ1n) is 7.28. The number of nitrogens with one attached hydrogen (secondary N) is 2. The molecule has 4 nitrogen and oxygen atoms in total. The van der Waals surface area contributed by atoms with Gasteiger partial charge in [0.05, 0.1) is 17.2 Å². The summed E-state index contributed by atoms with van der Waals surface area (Å²) in [7, 11) is 0. The van der Waals surface area contributed by atoms with E-state index in [4.69, 9.17) is 0 Å². The van der Waals surface area contributed by atoms with Gasteiger partial charge in [0, 0.05) is 17.8 Å². The number of H-pyrrole nitrogens is 1. The fourth-order valence-electron chi connectivity index (χ4n) is 2.66. The fraction of sp³-hybridized carbons (Fsp3) is 0.375. The molecular weight excluding hydrogens is 307 g/mol. The molecular formula is C16H16F3N3O. The molecule has 0 saturated heterocycles. The predicted molar refractivity (Wildman–Crippen MR) is 77.5 cm³/mol. The van der Waals surface area contributed by atoms with Crippen molar-refractivity contribution in [1.82, 2.24) is 15.5 Å². The van der Waals surface area contributed by atoms with E-state index >= 15 is 0 Å². The zero-order valence-electron chi connectivity index (χ0n) is 12.5. The lowest BCUT2D eigenvalue weighted by atomic mass is 9.93. The lowest BCUT2D eigenvalue weighted by Crippen LogP contribution is -2.34. The van der Waals surface area contributed by atoms with Crippen LogP contribution in [0.25, 0.3) is 0 Å². The Hall–Kier alpha value is -2.31. The highest BCUT2D eigenvalue weighted by Gasteiger charge is 2.51. The van der Waals surface area contributed by atoms with Crippen molar-refractivity contribution in [3.63, 3.8) is 0 Å². The van der Waals surface area contributed by atoms with Gasteiger partial charge in [0.25, 0.3) is 0 Å². The van der Waals surface area contributed by atoms with Crippen molar-refractivity contribution >= 4 is 5.91 Å². The van der Waals surface area contributed by atoms with Gasteiger partial charge < -0.3 is 5.32 Å². The van der Waals surface area contributed by atoms with Crippen molar-refractivity contribution in [2.24, 2.45) is 0 Å². The Balaban J connectivity index is 1.77. The second-order valence-corrected chi connectivity index (χ2v) is 5.86. The van der Waals surface area contributed by atoms with Crippen LogP contribution in [0.2, 0.25) is 0 Å². The van der Waals surface area contributed by atoms with Crippen LogP contribution in [-0.4, -0.2) is 16.1 Å². The van der Waals surface area contributed by atoms with Crippen molar-refractivity contribution < 1.29 is 18.0 Å². The van der Waals surface area contributed by atoms with Crippen molar-refractivity contribution in [2.45, 2.75) is 37.9 Å². The van der Waals surface area contributed by atoms with Crippen LogP contribution in [0.5, 0.6) is 0 Å². The average molecular weight is 323 g/mol. The summed E-state index contributed by atoms with van der Waals surface area (Å²) in [5.41, 5.74) is 0.583. The summed E-state index contributed by atoms with van der Waals surface area (Å²) in [6.45, 7) is 2.15. The van der Waals surface area contributed by atoms with Gasteiger partial charge in [-0.2, -0.15) is 18.3 Å². The van der Waals surface area contributed by atoms with Gasteiger partial charge in [0.1, 0.15) is 0 Å². The van der Waals surface area contributed by atoms with E-state index in [9.17, 15) is 18.0 Å². The molecule has 2 N–H and O–H groups in total. The number of carbonyl (C=O) groups excluding carboxylic acids is 1. The minimum atomic E-state index is -4.41. The van der Waals surface area contributed by atoms with Gasteiger partial charge in [0.15, 0.2) is 0 Å². The quantitative estimate of drug-likeness (QED) is 0.908. The second-order valence-electron chi connectivity index (χ2n) is 5.86. The van der Waals surface area contributed by atoms with E-state index < -0.39 is 17.2 Å². The number of nitrogens with zero attached hydrogens (tertiary/aromatic N) is 1. The topological polar surface area (TPSA) is 57.8 Å². The summed E-state index contributed by atoms with van der Waals surface area (Å²) in [5, 5.41) is 9.45. The maximum Gasteiger partial charge on any atom is 0.416 e. The molecule has 0 atom stereocenters. The van der Waals surface area contributed by atoms with Gasteiger partial charge >= 0.3 is 6.18 Å². The third kappa shape index (κ3) is 2.95. The number of carbonyl (C=O) groups is 1. The molecule has 1 heterocycles. The van der Waals surface area contributed by atoms with E-state index in [2.05, 4.69) is 15.5 Å². The van der Waals surface area contributed by atoms with Crippen LogP contribution in [0.4, 0.5) is 13.2 Å². The van der Waals surface area contributed by atoms with Crippen molar-refractivity contribution in [3.05, 3.63) is 52.8 Å². The molecule has 1 aromatic carbocycles. The average Bonchev–Trinajstić information content (AvgIpc) is 3.22. The molecule has 2 aromatic rings. The van der Waals surface area contributed by atoms with Gasteiger partial charge in [-0.25, -0.2) is 0 Å². The number of amides is 1. The van der Waals surface area contributed by atoms with Crippen LogP contribution >= 0.6 is 0 Å². The summed E-state index contributed by atoms with van der Waals surface area (Å²) >= 11 is 0. The molecule has 23 heavy (non-hydrogen) atoms. The number of benzene rings is 1. The zero-order chi connectivity index (χ0) is 16.7. The van der Waals surface area contributed by atoms with E-state index in [1.54, 1.807) is 12.3 Å². The normalized spacial score (nSPS) is 16.2. The molecule has 3 rings (SSSR count). The molecule has 1 fully saturated rings. The third-order valence-electron chi connectivity index (χ3n) is 4.30. The van der Waals surface area contributed by atoms with Crippen LogP contribution in [0.1, 0.15) is 35.2 Å². The third-order valence-corrected chi connectivity index (χ3v) is 4.30. The molecule has 0 radical (unpaired) electrons. The van der Waals surface area contributed by atoms with Gasteiger partial charge in [-0.05, 0) is 31.4 Å². The number of halogens is 3. The molecule has 7 heteroatoms. The van der Waals surface area contributed by atoms with E-state index in [0.29, 0.717) is 24.9 Å². The highest BCUT2D eigenvalue weighted by Crippen LogP contribution is 2.49. The SMILES string of the molecule is Cc1[nH]ncc1CNC(=O)C1(c2cccc(C(F)(F)F)c2)CC1. The Bertz CT molecular complexity index is 732. The smallest absolute Gasteiger partial charge is 0.351 e. The first kappa shape index (κ1) is 15.6. The number of aryl methyl sites for hydroxylation is 1. The van der Waals surface area contributed by atoms with Crippen molar-refractivity contribution in [3.8, 4) is 0 Å². The summed E-state index contributed by atoms with van der Waals surface area (Å²) < 4.78 is 38.5. The molecule has 0 spiro atoms. The van der Waals surface area contributed by atoms with Gasteiger partial charge in [-0.15, -0.1) is 0 Å². The lowest BCUT2D eigenvalue weighted by molar-refractivity contribution is -0.137. The highest BCUT2D eigenvalue weighted by atomic mass is 19.4. The van der Waals surface area contributed by atoms with E-state index in [0.717, 1.165) is 23.4 Å². The lowest BCUT2D eigenvalue weighted by Gasteiger charge is -2.17. The number of alkyl halides is 3. The standard InChI is InChI=1S/C16H16F3N3O/c1-10-11(9-21-22-10)8-20-14(23)15(5-6-15)12-3-2-4-13(7-12)16(17,18)19/h2-4,7,9H,5-6,8H2,1H3,(H,20,23)(H,21,22). The summed E-state index contributed by atoms with van der Waals surface area (Å²) in [5.74, 6) is -0.238. The van der Waals surface area contributed by atoms with Crippen LogP contribution < -0.4 is 5.32 Å². The van der Waals surface area contributed by atoms with Gasteiger partial charge in [-0.1, -0.05) is 18.2 Å². The number of aromatic nitrogens is 2. The minimum Gasteiger partial charge on any atom is -0.351 e. The molecule has 1 aliphatic carbocycles. The van der Waals surface area contributed by atoms with Gasteiger partial charge in [-0.3, -0.25) is 9.89 Å². The van der Waals surface area contributed by atoms with Crippen LogP contribution in [-0.2, 0) is 22.9 Å². The zero-order valence-corrected chi connectivity index (χ0v) is 12.5. The fourth-order valence-corrected chi connectivity index (χ4v) is 2.66. The Kier molecular flexibility index (Phi) is 3.66. The Morgan fingerprint density at radius 2 is 2.13 bits per heavy atom. The first-order valence-corrected chi connectivity index (χ1v) is 7.28. The molecule has 1 aliphatic rings. The number of hydrogen-bond acceptors (Lipinski definition) is 2. The second kappa shape index (κ2) is 5.40. The van der Waals surface area contributed by atoms with Crippen molar-refractivity contribution in [2.75, 3.05) is 0 Å². The Morgan fingerprint density at radius 1 is 1.39 bits per heavy atom. The molecule has 1 amide bonds.